The van der Waals surface area contributed by atoms with Gasteiger partial charge in [0.1, 0.15) is 0 Å². The number of thioether (sulfide) groups is 1. The third-order valence-corrected chi connectivity index (χ3v) is 5.66. The lowest BCUT2D eigenvalue weighted by molar-refractivity contribution is 0.0997. The normalized spacial score (nSPS) is 12.0. The van der Waals surface area contributed by atoms with Crippen molar-refractivity contribution in [1.82, 2.24) is 4.57 Å². The van der Waals surface area contributed by atoms with Crippen LogP contribution in [0, 0.1) is 13.8 Å². The van der Waals surface area contributed by atoms with E-state index in [1.54, 1.807) is 31.0 Å². The number of aromatic nitrogens is 1. The van der Waals surface area contributed by atoms with Gasteiger partial charge < -0.3 is 9.30 Å². The SMILES string of the molecule is COCCn1c(C)c(C)s/c1=N\C(=O)c1cc(SC)ccc1Cl. The van der Waals surface area contributed by atoms with Gasteiger partial charge in [-0.15, -0.1) is 23.1 Å². The first-order chi connectivity index (χ1) is 11.0. The molecule has 7 heteroatoms. The quantitative estimate of drug-likeness (QED) is 0.749. The highest BCUT2D eigenvalue weighted by molar-refractivity contribution is 7.98. The molecule has 0 aliphatic carbocycles. The molecule has 0 unspecified atom stereocenters. The average Bonchev–Trinajstić information content (AvgIpc) is 2.80. The van der Waals surface area contributed by atoms with Gasteiger partial charge in [0.05, 0.1) is 17.2 Å². The van der Waals surface area contributed by atoms with Crippen molar-refractivity contribution >= 4 is 40.6 Å². The van der Waals surface area contributed by atoms with Crippen molar-refractivity contribution in [2.24, 2.45) is 4.99 Å². The molecule has 23 heavy (non-hydrogen) atoms. The van der Waals surface area contributed by atoms with Gasteiger partial charge in [-0.1, -0.05) is 11.6 Å². The van der Waals surface area contributed by atoms with Crippen LogP contribution in [0.25, 0.3) is 0 Å². The minimum Gasteiger partial charge on any atom is -0.383 e. The second-order valence-corrected chi connectivity index (χ2v) is 7.40. The van der Waals surface area contributed by atoms with E-state index >= 15 is 0 Å². The standard InChI is InChI=1S/C16H19ClN2O2S2/c1-10-11(2)23-16(19(10)7-8-21-3)18-15(20)13-9-12(22-4)5-6-14(13)17/h5-6,9H,7-8H2,1-4H3/b18-16-. The molecule has 0 radical (unpaired) electrons. The molecule has 124 valence electrons. The lowest BCUT2D eigenvalue weighted by atomic mass is 10.2. The Bertz CT molecular complexity index is 781. The third kappa shape index (κ3) is 4.26. The molecule has 0 aliphatic rings. The molecule has 0 fully saturated rings. The molecule has 4 nitrogen and oxygen atoms in total. The summed E-state index contributed by atoms with van der Waals surface area (Å²) in [6.07, 6.45) is 1.96. The molecule has 2 aromatic rings. The number of ether oxygens (including phenoxy) is 1. The van der Waals surface area contributed by atoms with Crippen molar-refractivity contribution in [1.29, 1.82) is 0 Å². The predicted molar refractivity (Wildman–Crippen MR) is 96.8 cm³/mol. The largest absolute Gasteiger partial charge is 0.383 e. The van der Waals surface area contributed by atoms with E-state index in [0.29, 0.717) is 28.5 Å². The van der Waals surface area contributed by atoms with Crippen LogP contribution in [0.15, 0.2) is 28.1 Å². The number of hydrogen-bond acceptors (Lipinski definition) is 4. The Morgan fingerprint density at radius 2 is 2.17 bits per heavy atom. The van der Waals surface area contributed by atoms with Crippen LogP contribution in [-0.2, 0) is 11.3 Å². The monoisotopic (exact) mass is 370 g/mol. The minimum absolute atomic E-state index is 0.321. The van der Waals surface area contributed by atoms with Gasteiger partial charge in [-0.25, -0.2) is 0 Å². The Morgan fingerprint density at radius 1 is 1.43 bits per heavy atom. The fraction of sp³-hybridized carbons (Fsp3) is 0.375. The number of hydrogen-bond donors (Lipinski definition) is 0. The maximum atomic E-state index is 12.6. The highest BCUT2D eigenvalue weighted by Crippen LogP contribution is 2.23. The molecule has 0 atom stereocenters. The average molecular weight is 371 g/mol. The van der Waals surface area contributed by atoms with Crippen LogP contribution in [0.5, 0.6) is 0 Å². The molecule has 1 aromatic carbocycles. The Hall–Kier alpha value is -1.08. The summed E-state index contributed by atoms with van der Waals surface area (Å²) >= 11 is 9.23. The van der Waals surface area contributed by atoms with Crippen molar-refractivity contribution in [3.63, 3.8) is 0 Å². The number of nitrogens with zero attached hydrogens (tertiary/aromatic N) is 2. The van der Waals surface area contributed by atoms with E-state index in [1.165, 1.54) is 11.3 Å². The zero-order valence-electron chi connectivity index (χ0n) is 13.6. The summed E-state index contributed by atoms with van der Waals surface area (Å²) in [5.74, 6) is -0.321. The van der Waals surface area contributed by atoms with E-state index in [1.807, 2.05) is 30.7 Å². The lowest BCUT2D eigenvalue weighted by Crippen LogP contribution is -2.20. The van der Waals surface area contributed by atoms with E-state index in [4.69, 9.17) is 16.3 Å². The first-order valence-electron chi connectivity index (χ1n) is 7.06. The number of benzene rings is 1. The number of methoxy groups -OCH3 is 1. The van der Waals surface area contributed by atoms with Gasteiger partial charge in [0.15, 0.2) is 4.80 Å². The highest BCUT2D eigenvalue weighted by atomic mass is 35.5. The van der Waals surface area contributed by atoms with Crippen LogP contribution in [0.2, 0.25) is 5.02 Å². The number of amides is 1. The molecule has 2 rings (SSSR count). The van der Waals surface area contributed by atoms with Crippen LogP contribution < -0.4 is 4.80 Å². The van der Waals surface area contributed by atoms with Crippen molar-refractivity contribution in [2.75, 3.05) is 20.0 Å². The highest BCUT2D eigenvalue weighted by Gasteiger charge is 2.13. The first-order valence-corrected chi connectivity index (χ1v) is 9.48. The number of carbonyl (C=O) groups is 1. The molecule has 0 saturated carbocycles. The molecule has 1 aromatic heterocycles. The van der Waals surface area contributed by atoms with Crippen LogP contribution in [0.4, 0.5) is 0 Å². The van der Waals surface area contributed by atoms with Crippen LogP contribution in [0.1, 0.15) is 20.9 Å². The molecule has 0 aliphatic heterocycles. The van der Waals surface area contributed by atoms with Crippen molar-refractivity contribution < 1.29 is 9.53 Å². The molecule has 1 heterocycles. The fourth-order valence-corrected chi connectivity index (χ4v) is 3.71. The molecule has 0 saturated heterocycles. The second kappa shape index (κ2) is 8.15. The smallest absolute Gasteiger partial charge is 0.281 e. The van der Waals surface area contributed by atoms with Crippen molar-refractivity contribution in [3.05, 3.63) is 44.2 Å². The fourth-order valence-electron chi connectivity index (χ4n) is 2.07. The summed E-state index contributed by atoms with van der Waals surface area (Å²) in [6, 6.07) is 5.41. The van der Waals surface area contributed by atoms with Crippen LogP contribution in [-0.4, -0.2) is 30.4 Å². The predicted octanol–water partition coefficient (Wildman–Crippen LogP) is 3.93. The van der Waals surface area contributed by atoms with Crippen molar-refractivity contribution in [3.8, 4) is 0 Å². The van der Waals surface area contributed by atoms with Gasteiger partial charge >= 0.3 is 0 Å². The summed E-state index contributed by atoms with van der Waals surface area (Å²) in [4.78, 5) is 19.6. The van der Waals surface area contributed by atoms with E-state index in [9.17, 15) is 4.79 Å². The Labute approximate surface area is 149 Å². The number of rotatable bonds is 5. The summed E-state index contributed by atoms with van der Waals surface area (Å²) in [6.45, 7) is 5.28. The van der Waals surface area contributed by atoms with Gasteiger partial charge in [-0.2, -0.15) is 4.99 Å². The molecule has 0 bridgehead atoms. The molecular weight excluding hydrogens is 352 g/mol. The summed E-state index contributed by atoms with van der Waals surface area (Å²) in [5.41, 5.74) is 1.53. The summed E-state index contributed by atoms with van der Waals surface area (Å²) in [7, 11) is 1.66. The van der Waals surface area contributed by atoms with Gasteiger partial charge in [-0.05, 0) is 38.3 Å². The maximum Gasteiger partial charge on any atom is 0.281 e. The zero-order chi connectivity index (χ0) is 17.0. The van der Waals surface area contributed by atoms with Gasteiger partial charge in [0, 0.05) is 29.1 Å². The van der Waals surface area contributed by atoms with Crippen LogP contribution >= 0.6 is 34.7 Å². The first kappa shape index (κ1) is 18.3. The van der Waals surface area contributed by atoms with E-state index in [2.05, 4.69) is 4.99 Å². The maximum absolute atomic E-state index is 12.6. The van der Waals surface area contributed by atoms with Crippen molar-refractivity contribution in [2.45, 2.75) is 25.3 Å². The summed E-state index contributed by atoms with van der Waals surface area (Å²) < 4.78 is 7.15. The molecule has 0 N–H and O–H groups in total. The van der Waals surface area contributed by atoms with Gasteiger partial charge in [0.25, 0.3) is 5.91 Å². The van der Waals surface area contributed by atoms with E-state index in [-0.39, 0.29) is 5.91 Å². The summed E-state index contributed by atoms with van der Waals surface area (Å²) in [5, 5.41) is 0.421. The lowest BCUT2D eigenvalue weighted by Gasteiger charge is -2.05. The Balaban J connectivity index is 2.46. The Kier molecular flexibility index (Phi) is 6.47. The van der Waals surface area contributed by atoms with E-state index < -0.39 is 0 Å². The minimum atomic E-state index is -0.321. The molecular formula is C16H19ClN2O2S2. The second-order valence-electron chi connectivity index (χ2n) is 4.93. The Morgan fingerprint density at radius 3 is 2.83 bits per heavy atom. The van der Waals surface area contributed by atoms with Gasteiger partial charge in [-0.3, -0.25) is 4.79 Å². The zero-order valence-corrected chi connectivity index (χ0v) is 15.9. The van der Waals surface area contributed by atoms with Crippen LogP contribution in [0.3, 0.4) is 0 Å². The molecule has 1 amide bonds. The van der Waals surface area contributed by atoms with Gasteiger partial charge in [0.2, 0.25) is 0 Å². The van der Waals surface area contributed by atoms with E-state index in [0.717, 1.165) is 15.5 Å². The molecule has 0 spiro atoms. The number of carbonyl (C=O) groups excluding carboxylic acids is 1. The topological polar surface area (TPSA) is 43.6 Å². The number of halogens is 1. The third-order valence-electron chi connectivity index (χ3n) is 3.51. The number of thiazole rings is 1. The number of aryl methyl sites for hydroxylation is 1.